The molecular formula is C10H16N4O. The van der Waals surface area contributed by atoms with Crippen molar-refractivity contribution >= 4 is 11.9 Å². The van der Waals surface area contributed by atoms with Crippen molar-refractivity contribution in [3.8, 4) is 0 Å². The number of nitrogens with zero attached hydrogens (tertiary/aromatic N) is 2. The fourth-order valence-corrected chi connectivity index (χ4v) is 1.11. The Bertz CT molecular complexity index is 361. The third-order valence-electron chi connectivity index (χ3n) is 1.59. The van der Waals surface area contributed by atoms with Gasteiger partial charge in [-0.3, -0.25) is 4.79 Å². The Kier molecular flexibility index (Phi) is 2.93. The van der Waals surface area contributed by atoms with Crippen LogP contribution >= 0.6 is 0 Å². The predicted octanol–water partition coefficient (Wildman–Crippen LogP) is 0.896. The van der Waals surface area contributed by atoms with Crippen molar-refractivity contribution in [2.45, 2.75) is 33.2 Å². The Morgan fingerprint density at radius 3 is 2.47 bits per heavy atom. The summed E-state index contributed by atoms with van der Waals surface area (Å²) in [4.78, 5) is 19.5. The second-order valence-electron chi connectivity index (χ2n) is 4.46. The molecule has 0 aliphatic rings. The molecule has 15 heavy (non-hydrogen) atoms. The Hall–Kier alpha value is -1.65. The highest BCUT2D eigenvalue weighted by atomic mass is 16.2. The van der Waals surface area contributed by atoms with Crippen LogP contribution in [0.3, 0.4) is 0 Å². The molecule has 0 atom stereocenters. The molecule has 82 valence electrons. The number of amides is 1. The highest BCUT2D eigenvalue weighted by Crippen LogP contribution is 2.05. The van der Waals surface area contributed by atoms with E-state index in [0.29, 0.717) is 11.4 Å². The third-order valence-corrected chi connectivity index (χ3v) is 1.59. The van der Waals surface area contributed by atoms with Crippen LogP contribution in [0.4, 0.5) is 5.95 Å². The Labute approximate surface area is 89.1 Å². The van der Waals surface area contributed by atoms with E-state index in [2.05, 4.69) is 15.3 Å². The highest BCUT2D eigenvalue weighted by molar-refractivity contribution is 5.93. The molecule has 0 spiro atoms. The lowest BCUT2D eigenvalue weighted by Crippen LogP contribution is -2.41. The lowest BCUT2D eigenvalue weighted by atomic mass is 10.1. The van der Waals surface area contributed by atoms with Gasteiger partial charge in [-0.1, -0.05) is 0 Å². The zero-order valence-corrected chi connectivity index (χ0v) is 9.46. The van der Waals surface area contributed by atoms with Gasteiger partial charge in [0.2, 0.25) is 5.95 Å². The van der Waals surface area contributed by atoms with Gasteiger partial charge in [-0.05, 0) is 33.8 Å². The minimum Gasteiger partial charge on any atom is -0.368 e. The predicted molar refractivity (Wildman–Crippen MR) is 58.4 cm³/mol. The van der Waals surface area contributed by atoms with Gasteiger partial charge in [-0.25, -0.2) is 9.97 Å². The van der Waals surface area contributed by atoms with Crippen molar-refractivity contribution < 1.29 is 4.79 Å². The molecule has 5 nitrogen and oxygen atoms in total. The van der Waals surface area contributed by atoms with Crippen LogP contribution in [0.1, 0.15) is 37.0 Å². The van der Waals surface area contributed by atoms with E-state index in [1.165, 1.54) is 0 Å². The normalized spacial score (nSPS) is 11.2. The van der Waals surface area contributed by atoms with Gasteiger partial charge in [0, 0.05) is 11.2 Å². The molecule has 1 amide bonds. The maximum atomic E-state index is 11.7. The molecule has 1 aromatic heterocycles. The first-order valence-electron chi connectivity index (χ1n) is 4.71. The zero-order valence-electron chi connectivity index (χ0n) is 9.46. The van der Waals surface area contributed by atoms with Gasteiger partial charge in [0.05, 0.1) is 0 Å². The van der Waals surface area contributed by atoms with Crippen molar-refractivity contribution in [1.29, 1.82) is 0 Å². The maximum absolute atomic E-state index is 11.7. The number of aryl methyl sites for hydroxylation is 1. The van der Waals surface area contributed by atoms with Crippen LogP contribution in [0, 0.1) is 6.92 Å². The SMILES string of the molecule is Cc1cc(C(=O)NC(C)(C)C)nc(N)n1. The van der Waals surface area contributed by atoms with E-state index < -0.39 is 0 Å². The molecule has 3 N–H and O–H groups in total. The van der Waals surface area contributed by atoms with Crippen molar-refractivity contribution in [2.75, 3.05) is 5.73 Å². The number of rotatable bonds is 1. The van der Waals surface area contributed by atoms with E-state index in [-0.39, 0.29) is 17.4 Å². The van der Waals surface area contributed by atoms with E-state index >= 15 is 0 Å². The Morgan fingerprint density at radius 2 is 2.00 bits per heavy atom. The molecule has 0 radical (unpaired) electrons. The number of carbonyl (C=O) groups is 1. The van der Waals surface area contributed by atoms with Crippen LogP contribution in [0.25, 0.3) is 0 Å². The monoisotopic (exact) mass is 208 g/mol. The molecule has 0 aliphatic carbocycles. The van der Waals surface area contributed by atoms with Crippen LogP contribution in [0.2, 0.25) is 0 Å². The Morgan fingerprint density at radius 1 is 1.40 bits per heavy atom. The molecule has 0 aromatic carbocycles. The van der Waals surface area contributed by atoms with Crippen LogP contribution in [0.5, 0.6) is 0 Å². The summed E-state index contributed by atoms with van der Waals surface area (Å²) in [5, 5.41) is 2.81. The quantitative estimate of drug-likeness (QED) is 0.718. The smallest absolute Gasteiger partial charge is 0.270 e. The molecule has 0 saturated carbocycles. The van der Waals surface area contributed by atoms with Crippen LogP contribution in [-0.4, -0.2) is 21.4 Å². The lowest BCUT2D eigenvalue weighted by molar-refractivity contribution is 0.0914. The van der Waals surface area contributed by atoms with E-state index in [4.69, 9.17) is 5.73 Å². The second-order valence-corrected chi connectivity index (χ2v) is 4.46. The summed E-state index contributed by atoms with van der Waals surface area (Å²) < 4.78 is 0. The highest BCUT2D eigenvalue weighted by Gasteiger charge is 2.16. The van der Waals surface area contributed by atoms with Crippen molar-refractivity contribution in [3.05, 3.63) is 17.5 Å². The minimum atomic E-state index is -0.287. The van der Waals surface area contributed by atoms with Gasteiger partial charge < -0.3 is 11.1 Å². The molecule has 0 bridgehead atoms. The summed E-state index contributed by atoms with van der Waals surface area (Å²) >= 11 is 0. The zero-order chi connectivity index (χ0) is 11.6. The topological polar surface area (TPSA) is 80.9 Å². The summed E-state index contributed by atoms with van der Waals surface area (Å²) in [6, 6.07) is 1.61. The van der Waals surface area contributed by atoms with E-state index in [9.17, 15) is 4.79 Å². The maximum Gasteiger partial charge on any atom is 0.270 e. The first-order chi connectivity index (χ1) is 6.78. The number of anilines is 1. The fourth-order valence-electron chi connectivity index (χ4n) is 1.11. The second kappa shape index (κ2) is 3.84. The Balaban J connectivity index is 2.92. The first-order valence-corrected chi connectivity index (χ1v) is 4.71. The lowest BCUT2D eigenvalue weighted by Gasteiger charge is -2.20. The largest absolute Gasteiger partial charge is 0.368 e. The van der Waals surface area contributed by atoms with E-state index in [0.717, 1.165) is 0 Å². The van der Waals surface area contributed by atoms with E-state index in [1.54, 1.807) is 13.0 Å². The summed E-state index contributed by atoms with van der Waals surface area (Å²) in [5.41, 5.74) is 6.15. The van der Waals surface area contributed by atoms with Crippen LogP contribution in [0.15, 0.2) is 6.07 Å². The van der Waals surface area contributed by atoms with Gasteiger partial charge >= 0.3 is 0 Å². The van der Waals surface area contributed by atoms with Crippen LogP contribution < -0.4 is 11.1 Å². The third kappa shape index (κ3) is 3.53. The average molecular weight is 208 g/mol. The summed E-state index contributed by atoms with van der Waals surface area (Å²) in [6.45, 7) is 7.48. The van der Waals surface area contributed by atoms with Gasteiger partial charge in [-0.2, -0.15) is 0 Å². The standard InChI is InChI=1S/C10H16N4O/c1-6-5-7(13-9(11)12-6)8(15)14-10(2,3)4/h5H,1-4H3,(H,14,15)(H2,11,12,13). The number of carbonyl (C=O) groups excluding carboxylic acids is 1. The first kappa shape index (κ1) is 11.4. The molecule has 0 fully saturated rings. The van der Waals surface area contributed by atoms with Crippen LogP contribution in [-0.2, 0) is 0 Å². The van der Waals surface area contributed by atoms with Crippen molar-refractivity contribution in [2.24, 2.45) is 0 Å². The molecular weight excluding hydrogens is 192 g/mol. The van der Waals surface area contributed by atoms with Gasteiger partial charge in [0.1, 0.15) is 5.69 Å². The summed E-state index contributed by atoms with van der Waals surface area (Å²) in [7, 11) is 0. The molecule has 5 heteroatoms. The summed E-state index contributed by atoms with van der Waals surface area (Å²) in [6.07, 6.45) is 0. The van der Waals surface area contributed by atoms with Crippen molar-refractivity contribution in [1.82, 2.24) is 15.3 Å². The number of nitrogen functional groups attached to an aromatic ring is 1. The van der Waals surface area contributed by atoms with Gasteiger partial charge in [0.25, 0.3) is 5.91 Å². The van der Waals surface area contributed by atoms with Gasteiger partial charge in [-0.15, -0.1) is 0 Å². The number of hydrogen-bond donors (Lipinski definition) is 2. The molecule has 0 aliphatic heterocycles. The van der Waals surface area contributed by atoms with E-state index in [1.807, 2.05) is 20.8 Å². The fraction of sp³-hybridized carbons (Fsp3) is 0.500. The number of hydrogen-bond acceptors (Lipinski definition) is 4. The number of nitrogens with two attached hydrogens (primary N) is 1. The molecule has 1 aromatic rings. The number of nitrogens with one attached hydrogen (secondary N) is 1. The summed E-state index contributed by atoms with van der Waals surface area (Å²) in [5.74, 6) is -0.117. The van der Waals surface area contributed by atoms with Crippen molar-refractivity contribution in [3.63, 3.8) is 0 Å². The molecule has 1 heterocycles. The van der Waals surface area contributed by atoms with Gasteiger partial charge in [0.15, 0.2) is 0 Å². The average Bonchev–Trinajstić information content (AvgIpc) is 1.98. The minimum absolute atomic E-state index is 0.119. The number of aromatic nitrogens is 2. The molecule has 0 unspecified atom stereocenters. The molecule has 1 rings (SSSR count). The molecule has 0 saturated heterocycles.